The van der Waals surface area contributed by atoms with Crippen molar-refractivity contribution in [2.45, 2.75) is 24.7 Å². The van der Waals surface area contributed by atoms with Gasteiger partial charge in [-0.2, -0.15) is 4.31 Å². The molecule has 1 saturated heterocycles. The molecule has 1 aromatic carbocycles. The van der Waals surface area contributed by atoms with Gasteiger partial charge in [0.1, 0.15) is 0 Å². The van der Waals surface area contributed by atoms with Gasteiger partial charge < -0.3 is 0 Å². The number of sulfonamides is 1. The van der Waals surface area contributed by atoms with E-state index < -0.39 is 21.8 Å². The van der Waals surface area contributed by atoms with Crippen LogP contribution in [0.15, 0.2) is 47.6 Å². The Morgan fingerprint density at radius 1 is 0.933 bits per heavy atom. The van der Waals surface area contributed by atoms with Crippen LogP contribution < -0.4 is 4.90 Å². The van der Waals surface area contributed by atoms with Gasteiger partial charge in [-0.3, -0.25) is 19.6 Å². The minimum absolute atomic E-state index is 0.104. The molecule has 0 radical (unpaired) electrons. The van der Waals surface area contributed by atoms with Crippen LogP contribution in [0.2, 0.25) is 0 Å². The first kappa shape index (κ1) is 18.8. The van der Waals surface area contributed by atoms with Gasteiger partial charge in [0.15, 0.2) is 0 Å². The highest BCUT2D eigenvalue weighted by atomic mass is 32.2. The summed E-state index contributed by atoms with van der Waals surface area (Å²) >= 11 is 0. The third-order valence-corrected chi connectivity index (χ3v) is 7.49. The molecule has 9 heteroatoms. The summed E-state index contributed by atoms with van der Waals surface area (Å²) in [5.74, 6) is -0.965. The molecule has 4 heterocycles. The predicted molar refractivity (Wildman–Crippen MR) is 110 cm³/mol. The van der Waals surface area contributed by atoms with Crippen molar-refractivity contribution in [2.24, 2.45) is 0 Å². The van der Waals surface area contributed by atoms with Gasteiger partial charge in [-0.25, -0.2) is 13.3 Å². The molecule has 1 fully saturated rings. The fourth-order valence-electron chi connectivity index (χ4n) is 4.13. The molecule has 8 nitrogen and oxygen atoms in total. The van der Waals surface area contributed by atoms with Gasteiger partial charge in [-0.05, 0) is 50.1 Å². The summed E-state index contributed by atoms with van der Waals surface area (Å²) in [6.07, 6.45) is 4.67. The molecular formula is C21H18N4O4S. The molecule has 0 saturated carbocycles. The molecule has 5 rings (SSSR count). The summed E-state index contributed by atoms with van der Waals surface area (Å²) in [6, 6.07) is 7.73. The molecule has 0 unspecified atom stereocenters. The summed E-state index contributed by atoms with van der Waals surface area (Å²) in [4.78, 5) is 35.9. The zero-order valence-electron chi connectivity index (χ0n) is 16.2. The average Bonchev–Trinajstić information content (AvgIpc) is 3.36. The number of carbonyl (C=O) groups is 2. The first-order valence-corrected chi connectivity index (χ1v) is 11.1. The highest BCUT2D eigenvalue weighted by Crippen LogP contribution is 2.35. The molecule has 2 aliphatic heterocycles. The Labute approximate surface area is 173 Å². The molecule has 0 N–H and O–H groups in total. The van der Waals surface area contributed by atoms with Crippen molar-refractivity contribution in [1.82, 2.24) is 14.3 Å². The lowest BCUT2D eigenvalue weighted by Gasteiger charge is -2.16. The minimum atomic E-state index is -3.67. The Morgan fingerprint density at radius 3 is 2.30 bits per heavy atom. The van der Waals surface area contributed by atoms with Crippen LogP contribution in [0.1, 0.15) is 39.3 Å². The highest BCUT2D eigenvalue weighted by Gasteiger charge is 2.40. The first-order valence-electron chi connectivity index (χ1n) is 9.63. The Balaban J connectivity index is 1.71. The number of hydrogen-bond acceptors (Lipinski definition) is 6. The van der Waals surface area contributed by atoms with E-state index in [2.05, 4.69) is 9.97 Å². The second kappa shape index (κ2) is 6.68. The molecule has 0 bridgehead atoms. The maximum Gasteiger partial charge on any atom is 0.268 e. The number of benzene rings is 1. The van der Waals surface area contributed by atoms with E-state index in [1.807, 2.05) is 0 Å². The van der Waals surface area contributed by atoms with E-state index in [9.17, 15) is 18.0 Å². The number of imide groups is 1. The summed E-state index contributed by atoms with van der Waals surface area (Å²) < 4.78 is 27.5. The maximum atomic E-state index is 13.3. The number of rotatable bonds is 3. The molecular weight excluding hydrogens is 404 g/mol. The van der Waals surface area contributed by atoms with E-state index in [0.29, 0.717) is 35.4 Å². The Hall–Kier alpha value is -3.17. The van der Waals surface area contributed by atoms with Crippen molar-refractivity contribution in [3.05, 3.63) is 59.5 Å². The quantitative estimate of drug-likeness (QED) is 0.601. The second-order valence-corrected chi connectivity index (χ2v) is 9.33. The second-order valence-electron chi connectivity index (χ2n) is 7.39. The number of carbonyl (C=O) groups excluding carboxylic acids is 2. The van der Waals surface area contributed by atoms with Gasteiger partial charge >= 0.3 is 0 Å². The third-order valence-electron chi connectivity index (χ3n) is 5.59. The molecule has 0 atom stereocenters. The lowest BCUT2D eigenvalue weighted by Crippen LogP contribution is -2.29. The van der Waals surface area contributed by atoms with Crippen molar-refractivity contribution in [3.8, 4) is 0 Å². The number of amides is 2. The van der Waals surface area contributed by atoms with Crippen LogP contribution in [0.3, 0.4) is 0 Å². The summed E-state index contributed by atoms with van der Waals surface area (Å²) in [7, 11) is -3.67. The van der Waals surface area contributed by atoms with Gasteiger partial charge in [0.05, 0.1) is 32.9 Å². The number of anilines is 1. The average molecular weight is 422 g/mol. The van der Waals surface area contributed by atoms with E-state index in [4.69, 9.17) is 0 Å². The van der Waals surface area contributed by atoms with Crippen LogP contribution in [0.5, 0.6) is 0 Å². The summed E-state index contributed by atoms with van der Waals surface area (Å²) in [5.41, 5.74) is 1.72. The number of pyridine rings is 2. The molecule has 30 heavy (non-hydrogen) atoms. The van der Waals surface area contributed by atoms with Crippen molar-refractivity contribution in [2.75, 3.05) is 18.0 Å². The monoisotopic (exact) mass is 422 g/mol. The fraction of sp³-hybridized carbons (Fsp3) is 0.238. The smallest absolute Gasteiger partial charge is 0.268 e. The Morgan fingerprint density at radius 2 is 1.60 bits per heavy atom. The van der Waals surface area contributed by atoms with Gasteiger partial charge in [0.2, 0.25) is 10.0 Å². The van der Waals surface area contributed by atoms with E-state index in [-0.39, 0.29) is 16.0 Å². The largest absolute Gasteiger partial charge is 0.268 e. The van der Waals surface area contributed by atoms with Gasteiger partial charge in [0, 0.05) is 30.9 Å². The Bertz CT molecular complexity index is 1320. The Kier molecular flexibility index (Phi) is 4.19. The van der Waals surface area contributed by atoms with Crippen LogP contribution in [0.4, 0.5) is 5.69 Å². The van der Waals surface area contributed by atoms with Gasteiger partial charge in [-0.1, -0.05) is 0 Å². The molecule has 2 aromatic heterocycles. The molecule has 0 spiro atoms. The molecule has 3 aromatic rings. The number of aryl methyl sites for hydroxylation is 1. The molecule has 2 amide bonds. The molecule has 152 valence electrons. The van der Waals surface area contributed by atoms with E-state index >= 15 is 0 Å². The van der Waals surface area contributed by atoms with Crippen LogP contribution in [-0.4, -0.2) is 47.6 Å². The number of hydrogen-bond donors (Lipinski definition) is 0. The zero-order chi connectivity index (χ0) is 21.0. The first-order chi connectivity index (χ1) is 14.4. The maximum absolute atomic E-state index is 13.3. The lowest BCUT2D eigenvalue weighted by molar-refractivity contribution is 0.0926. The van der Waals surface area contributed by atoms with Gasteiger partial charge in [0.25, 0.3) is 11.8 Å². The minimum Gasteiger partial charge on any atom is -0.268 e. The summed E-state index contributed by atoms with van der Waals surface area (Å²) in [5, 5.41) is 0.366. The molecule has 0 aliphatic carbocycles. The SMILES string of the molecule is Cc1nc2ccc(S(=O)(=O)N3CCCC3)cc2c2c1C(=O)N(c1ccncc1)C2=O. The van der Waals surface area contributed by atoms with Crippen LogP contribution in [0.25, 0.3) is 10.9 Å². The van der Waals surface area contributed by atoms with Crippen molar-refractivity contribution in [1.29, 1.82) is 0 Å². The lowest BCUT2D eigenvalue weighted by atomic mass is 10.0. The van der Waals surface area contributed by atoms with Gasteiger partial charge in [-0.15, -0.1) is 0 Å². The standard InChI is InChI=1S/C21H18N4O4S/c1-13-18-19(21(27)25(20(18)26)14-6-8-22-9-7-14)16-12-15(4-5-17(16)23-13)30(28,29)24-10-2-3-11-24/h4-9,12H,2-3,10-11H2,1H3. The highest BCUT2D eigenvalue weighted by molar-refractivity contribution is 7.89. The van der Waals surface area contributed by atoms with E-state index in [1.54, 1.807) is 25.1 Å². The van der Waals surface area contributed by atoms with E-state index in [0.717, 1.165) is 17.7 Å². The van der Waals surface area contributed by atoms with Crippen LogP contribution in [0, 0.1) is 6.92 Å². The van der Waals surface area contributed by atoms with Crippen LogP contribution >= 0.6 is 0 Å². The summed E-state index contributed by atoms with van der Waals surface area (Å²) in [6.45, 7) is 2.64. The van der Waals surface area contributed by atoms with E-state index in [1.165, 1.54) is 28.8 Å². The third kappa shape index (κ3) is 2.66. The topological polar surface area (TPSA) is 101 Å². The number of nitrogens with zero attached hydrogens (tertiary/aromatic N) is 4. The van der Waals surface area contributed by atoms with Crippen molar-refractivity contribution < 1.29 is 18.0 Å². The zero-order valence-corrected chi connectivity index (χ0v) is 17.0. The fourth-order valence-corrected chi connectivity index (χ4v) is 5.67. The van der Waals surface area contributed by atoms with Crippen molar-refractivity contribution >= 4 is 38.4 Å². The normalized spacial score (nSPS) is 17.2. The molecule has 2 aliphatic rings. The predicted octanol–water partition coefficient (Wildman–Crippen LogP) is 2.52. The van der Waals surface area contributed by atoms with Crippen LogP contribution in [-0.2, 0) is 10.0 Å². The van der Waals surface area contributed by atoms with Crippen molar-refractivity contribution in [3.63, 3.8) is 0 Å². The number of aromatic nitrogens is 2. The number of fused-ring (bicyclic) bond motifs is 3.